The van der Waals surface area contributed by atoms with E-state index in [-0.39, 0.29) is 11.6 Å². The number of rotatable bonds is 3. The normalized spacial score (nSPS) is 17.6. The molecule has 0 radical (unpaired) electrons. The molecule has 2 aromatic rings. The number of carboxylic acid groups (broad SMARTS) is 1. The smallest absolute Gasteiger partial charge is 0.342 e. The minimum atomic E-state index is -1.29. The van der Waals surface area contributed by atoms with Crippen molar-refractivity contribution in [1.29, 1.82) is 5.26 Å². The van der Waals surface area contributed by atoms with E-state index in [0.717, 1.165) is 6.20 Å². The Morgan fingerprint density at radius 2 is 2.16 bits per heavy atom. The number of carboxylic acids is 1. The molecule has 2 N–H and O–H groups in total. The Labute approximate surface area is 143 Å². The van der Waals surface area contributed by atoms with Gasteiger partial charge in [-0.25, -0.2) is 9.78 Å². The van der Waals surface area contributed by atoms with Crippen LogP contribution < -0.4 is 11.0 Å². The number of carbonyl (C=O) groups is 1. The summed E-state index contributed by atoms with van der Waals surface area (Å²) in [5, 5.41) is 22.2. The Morgan fingerprint density at radius 1 is 1.44 bits per heavy atom. The Kier molecular flexibility index (Phi) is 4.31. The minimum absolute atomic E-state index is 0.150. The molecule has 1 atom stereocenters. The lowest BCUT2D eigenvalue weighted by Crippen LogP contribution is -2.37. The van der Waals surface area contributed by atoms with Gasteiger partial charge in [0.25, 0.3) is 5.56 Å². The van der Waals surface area contributed by atoms with Crippen molar-refractivity contribution in [3.8, 4) is 6.07 Å². The molecule has 1 aromatic heterocycles. The van der Waals surface area contributed by atoms with Gasteiger partial charge in [-0.3, -0.25) is 14.8 Å². The maximum absolute atomic E-state index is 12.4. The summed E-state index contributed by atoms with van der Waals surface area (Å²) < 4.78 is 1.38. The molecule has 1 aliphatic rings. The summed E-state index contributed by atoms with van der Waals surface area (Å²) in [5.41, 5.74) is 3.78. The van der Waals surface area contributed by atoms with Gasteiger partial charge in [-0.2, -0.15) is 10.4 Å². The standard InChI is InChI=1S/C17H15N5O3/c1-10-2-7-14(21-20-12-5-3-11(8-18)4-6-12)15-19-9-13(17(24)25)16(23)22(10)15/h3-6,9-10,20H,2,7H2,1H3,(H,24,25). The fourth-order valence-electron chi connectivity index (χ4n) is 2.68. The largest absolute Gasteiger partial charge is 0.477 e. The summed E-state index contributed by atoms with van der Waals surface area (Å²) in [6, 6.07) is 8.67. The van der Waals surface area contributed by atoms with Crippen LogP contribution in [-0.2, 0) is 0 Å². The Balaban J connectivity index is 1.96. The summed E-state index contributed by atoms with van der Waals surface area (Å²) in [4.78, 5) is 27.7. The van der Waals surface area contributed by atoms with Crippen LogP contribution in [-0.4, -0.2) is 26.3 Å². The molecule has 126 valence electrons. The van der Waals surface area contributed by atoms with Crippen LogP contribution >= 0.6 is 0 Å². The number of nitrogens with one attached hydrogen (secondary N) is 1. The van der Waals surface area contributed by atoms with Gasteiger partial charge < -0.3 is 5.11 Å². The van der Waals surface area contributed by atoms with E-state index in [4.69, 9.17) is 10.4 Å². The highest BCUT2D eigenvalue weighted by Gasteiger charge is 2.26. The Hall–Kier alpha value is -3.47. The summed E-state index contributed by atoms with van der Waals surface area (Å²) in [6.45, 7) is 1.85. The third-order valence-electron chi connectivity index (χ3n) is 4.06. The highest BCUT2D eigenvalue weighted by Crippen LogP contribution is 2.22. The van der Waals surface area contributed by atoms with Crippen molar-refractivity contribution in [2.45, 2.75) is 25.8 Å². The number of aromatic carboxylic acids is 1. The van der Waals surface area contributed by atoms with Crippen molar-refractivity contribution < 1.29 is 9.90 Å². The molecule has 0 bridgehead atoms. The molecule has 3 rings (SSSR count). The van der Waals surface area contributed by atoms with Gasteiger partial charge in [0.05, 0.1) is 17.3 Å². The van der Waals surface area contributed by atoms with Gasteiger partial charge in [0.2, 0.25) is 0 Å². The number of nitrogens with zero attached hydrogens (tertiary/aromatic N) is 4. The highest BCUT2D eigenvalue weighted by atomic mass is 16.4. The first kappa shape index (κ1) is 16.4. The summed E-state index contributed by atoms with van der Waals surface area (Å²) in [5.74, 6) is -0.922. The molecule has 0 aliphatic carbocycles. The molecule has 0 fully saturated rings. The highest BCUT2D eigenvalue weighted by molar-refractivity contribution is 5.99. The van der Waals surface area contributed by atoms with Crippen molar-refractivity contribution >= 4 is 17.4 Å². The molecule has 0 spiro atoms. The molecule has 1 aromatic carbocycles. The number of nitriles is 1. The third kappa shape index (κ3) is 3.12. The molecule has 0 saturated carbocycles. The summed E-state index contributed by atoms with van der Waals surface area (Å²) >= 11 is 0. The SMILES string of the molecule is CC1CCC(=NNc2ccc(C#N)cc2)c2ncc(C(=O)O)c(=O)n21. The fourth-order valence-corrected chi connectivity index (χ4v) is 2.68. The maximum atomic E-state index is 12.4. The topological polar surface area (TPSA) is 120 Å². The monoisotopic (exact) mass is 337 g/mol. The number of hydrogen-bond acceptors (Lipinski definition) is 6. The lowest BCUT2D eigenvalue weighted by Gasteiger charge is -2.25. The Morgan fingerprint density at radius 3 is 2.80 bits per heavy atom. The quantitative estimate of drug-likeness (QED) is 0.826. The number of hydrazone groups is 1. The van der Waals surface area contributed by atoms with E-state index in [1.807, 2.05) is 13.0 Å². The van der Waals surface area contributed by atoms with E-state index in [0.29, 0.717) is 35.6 Å². The third-order valence-corrected chi connectivity index (χ3v) is 4.06. The number of benzene rings is 1. The van der Waals surface area contributed by atoms with Gasteiger partial charge >= 0.3 is 5.97 Å². The molecule has 8 heteroatoms. The molecule has 1 aliphatic heterocycles. The number of aromatic nitrogens is 2. The molecule has 2 heterocycles. The van der Waals surface area contributed by atoms with Gasteiger partial charge in [0.1, 0.15) is 11.3 Å². The van der Waals surface area contributed by atoms with Crippen molar-refractivity contribution in [2.75, 3.05) is 5.43 Å². The minimum Gasteiger partial charge on any atom is -0.477 e. The summed E-state index contributed by atoms with van der Waals surface area (Å²) in [6.07, 6.45) is 2.35. The fraction of sp³-hybridized carbons (Fsp3) is 0.235. The Bertz CT molecular complexity index is 954. The van der Waals surface area contributed by atoms with Gasteiger partial charge in [-0.1, -0.05) is 0 Å². The lowest BCUT2D eigenvalue weighted by molar-refractivity contribution is 0.0693. The molecular weight excluding hydrogens is 322 g/mol. The first-order chi connectivity index (χ1) is 12.0. The average molecular weight is 337 g/mol. The van der Waals surface area contributed by atoms with Crippen molar-refractivity contribution in [3.05, 3.63) is 57.8 Å². The number of anilines is 1. The van der Waals surface area contributed by atoms with Crippen LogP contribution in [0.3, 0.4) is 0 Å². The van der Waals surface area contributed by atoms with E-state index in [9.17, 15) is 9.59 Å². The van der Waals surface area contributed by atoms with E-state index in [1.165, 1.54) is 4.57 Å². The van der Waals surface area contributed by atoms with E-state index < -0.39 is 11.5 Å². The second-order valence-corrected chi connectivity index (χ2v) is 5.72. The van der Waals surface area contributed by atoms with Crippen LogP contribution in [0, 0.1) is 11.3 Å². The van der Waals surface area contributed by atoms with Crippen LogP contribution in [0.15, 0.2) is 40.4 Å². The van der Waals surface area contributed by atoms with Crippen LogP contribution in [0.4, 0.5) is 5.69 Å². The van der Waals surface area contributed by atoms with Gasteiger partial charge in [-0.15, -0.1) is 0 Å². The summed E-state index contributed by atoms with van der Waals surface area (Å²) in [7, 11) is 0. The maximum Gasteiger partial charge on any atom is 0.342 e. The van der Waals surface area contributed by atoms with Gasteiger partial charge in [0.15, 0.2) is 5.82 Å². The molecule has 0 amide bonds. The molecule has 1 unspecified atom stereocenters. The zero-order valence-corrected chi connectivity index (χ0v) is 13.4. The second kappa shape index (κ2) is 6.57. The van der Waals surface area contributed by atoms with E-state index >= 15 is 0 Å². The van der Waals surface area contributed by atoms with E-state index in [2.05, 4.69) is 15.5 Å². The average Bonchev–Trinajstić information content (AvgIpc) is 2.61. The molecule has 25 heavy (non-hydrogen) atoms. The van der Waals surface area contributed by atoms with Crippen LogP contribution in [0.1, 0.15) is 47.6 Å². The zero-order chi connectivity index (χ0) is 18.0. The van der Waals surface area contributed by atoms with Crippen molar-refractivity contribution in [1.82, 2.24) is 9.55 Å². The zero-order valence-electron chi connectivity index (χ0n) is 13.4. The van der Waals surface area contributed by atoms with Crippen molar-refractivity contribution in [2.24, 2.45) is 5.10 Å². The van der Waals surface area contributed by atoms with Crippen LogP contribution in [0.25, 0.3) is 0 Å². The predicted octanol–water partition coefficient (Wildman–Crippen LogP) is 1.98. The van der Waals surface area contributed by atoms with Gasteiger partial charge in [-0.05, 0) is 44.0 Å². The number of fused-ring (bicyclic) bond motifs is 1. The van der Waals surface area contributed by atoms with Crippen LogP contribution in [0.2, 0.25) is 0 Å². The molecule has 0 saturated heterocycles. The predicted molar refractivity (Wildman–Crippen MR) is 90.7 cm³/mol. The first-order valence-electron chi connectivity index (χ1n) is 7.69. The lowest BCUT2D eigenvalue weighted by atomic mass is 10.0. The van der Waals surface area contributed by atoms with Crippen LogP contribution in [0.5, 0.6) is 0 Å². The molecular formula is C17H15N5O3. The number of hydrogen-bond donors (Lipinski definition) is 2. The van der Waals surface area contributed by atoms with E-state index in [1.54, 1.807) is 24.3 Å². The second-order valence-electron chi connectivity index (χ2n) is 5.72. The molecule has 8 nitrogen and oxygen atoms in total. The first-order valence-corrected chi connectivity index (χ1v) is 7.69. The van der Waals surface area contributed by atoms with Crippen molar-refractivity contribution in [3.63, 3.8) is 0 Å². The van der Waals surface area contributed by atoms with Gasteiger partial charge in [0, 0.05) is 12.2 Å².